The molecule has 7 heteroatoms. The van der Waals surface area contributed by atoms with Gasteiger partial charge < -0.3 is 20.4 Å². The second kappa shape index (κ2) is 7.30. The number of benzene rings is 3. The topological polar surface area (TPSA) is 107 Å². The van der Waals surface area contributed by atoms with Crippen molar-refractivity contribution in [1.29, 1.82) is 0 Å². The van der Waals surface area contributed by atoms with Gasteiger partial charge >= 0.3 is 0 Å². The van der Waals surface area contributed by atoms with Gasteiger partial charge in [-0.3, -0.25) is 4.79 Å². The van der Waals surface area contributed by atoms with Crippen molar-refractivity contribution < 1.29 is 9.90 Å². The fourth-order valence-electron chi connectivity index (χ4n) is 5.10. The number of aromatic amines is 2. The number of fused-ring (bicyclic) bond motifs is 5. The van der Waals surface area contributed by atoms with E-state index < -0.39 is 0 Å². The van der Waals surface area contributed by atoms with Crippen molar-refractivity contribution in [3.05, 3.63) is 102 Å². The van der Waals surface area contributed by atoms with Crippen LogP contribution >= 0.6 is 0 Å². The van der Waals surface area contributed by atoms with Crippen LogP contribution in [0, 0.1) is 0 Å². The third-order valence-electron chi connectivity index (χ3n) is 6.65. The van der Waals surface area contributed by atoms with E-state index in [1.54, 1.807) is 36.7 Å². The van der Waals surface area contributed by atoms with Gasteiger partial charge in [-0.1, -0.05) is 42.5 Å². The Hall–Kier alpha value is -4.91. The van der Waals surface area contributed by atoms with Gasteiger partial charge in [-0.05, 0) is 46.5 Å². The Labute approximate surface area is 199 Å². The van der Waals surface area contributed by atoms with Gasteiger partial charge in [0, 0.05) is 29.4 Å². The SMILES string of the molecule is O=C(NC1c2ccccc2-c2c(-c3nc4ccc(O)cc4[nH]3)cccc21)c1ccnc2[nH]ccc12. The molecule has 1 amide bonds. The van der Waals surface area contributed by atoms with Crippen molar-refractivity contribution in [2.24, 2.45) is 0 Å². The number of carbonyl (C=O) groups excluding carboxylic acids is 1. The van der Waals surface area contributed by atoms with Crippen LogP contribution in [-0.4, -0.2) is 30.9 Å². The zero-order valence-electron chi connectivity index (χ0n) is 18.4. The number of amides is 1. The fraction of sp³-hybridized carbons (Fsp3) is 0.0357. The van der Waals surface area contributed by atoms with Gasteiger partial charge in [0.1, 0.15) is 17.2 Å². The summed E-state index contributed by atoms with van der Waals surface area (Å²) in [7, 11) is 0. The lowest BCUT2D eigenvalue weighted by Gasteiger charge is -2.16. The monoisotopic (exact) mass is 457 g/mol. The largest absolute Gasteiger partial charge is 0.508 e. The molecule has 168 valence electrons. The molecule has 3 aromatic carbocycles. The van der Waals surface area contributed by atoms with Crippen molar-refractivity contribution in [2.45, 2.75) is 6.04 Å². The molecule has 0 fully saturated rings. The summed E-state index contributed by atoms with van der Waals surface area (Å²) in [6, 6.07) is 22.6. The minimum atomic E-state index is -0.302. The van der Waals surface area contributed by atoms with Crippen molar-refractivity contribution in [3.63, 3.8) is 0 Å². The summed E-state index contributed by atoms with van der Waals surface area (Å²) in [5.41, 5.74) is 7.90. The molecule has 1 atom stereocenters. The van der Waals surface area contributed by atoms with E-state index in [1.807, 2.05) is 30.3 Å². The molecule has 0 aliphatic heterocycles. The van der Waals surface area contributed by atoms with Crippen LogP contribution in [0.15, 0.2) is 85.2 Å². The van der Waals surface area contributed by atoms with Crippen molar-refractivity contribution in [2.75, 3.05) is 0 Å². The summed E-state index contributed by atoms with van der Waals surface area (Å²) in [6.45, 7) is 0. The number of H-pyrrole nitrogens is 2. The zero-order chi connectivity index (χ0) is 23.5. The first-order valence-corrected chi connectivity index (χ1v) is 11.3. The van der Waals surface area contributed by atoms with Gasteiger partial charge in [-0.25, -0.2) is 9.97 Å². The first kappa shape index (κ1) is 19.5. The van der Waals surface area contributed by atoms with E-state index in [2.05, 4.69) is 38.5 Å². The number of carbonyl (C=O) groups is 1. The quantitative estimate of drug-likeness (QED) is 0.289. The molecular formula is C28H19N5O2. The van der Waals surface area contributed by atoms with E-state index in [9.17, 15) is 9.90 Å². The highest BCUT2D eigenvalue weighted by molar-refractivity contribution is 6.06. The maximum Gasteiger partial charge on any atom is 0.252 e. The summed E-state index contributed by atoms with van der Waals surface area (Å²) < 4.78 is 0. The van der Waals surface area contributed by atoms with E-state index in [0.717, 1.165) is 44.2 Å². The average molecular weight is 457 g/mol. The number of phenolic OH excluding ortho intramolecular Hbond substituents is 1. The van der Waals surface area contributed by atoms with E-state index in [0.29, 0.717) is 17.0 Å². The number of aromatic hydroxyl groups is 1. The van der Waals surface area contributed by atoms with E-state index in [-0.39, 0.29) is 17.7 Å². The Balaban J connectivity index is 1.36. The van der Waals surface area contributed by atoms with Crippen molar-refractivity contribution >= 4 is 28.0 Å². The molecule has 0 saturated carbocycles. The number of pyridine rings is 1. The Bertz CT molecular complexity index is 1780. The lowest BCUT2D eigenvalue weighted by Crippen LogP contribution is -2.28. The number of nitrogens with one attached hydrogen (secondary N) is 3. The van der Waals surface area contributed by atoms with Gasteiger partial charge in [0.2, 0.25) is 0 Å². The lowest BCUT2D eigenvalue weighted by molar-refractivity contribution is 0.0945. The third kappa shape index (κ3) is 2.95. The molecule has 1 aliphatic rings. The van der Waals surface area contributed by atoms with E-state index in [4.69, 9.17) is 4.98 Å². The zero-order valence-corrected chi connectivity index (χ0v) is 18.4. The number of aromatic nitrogens is 4. The molecule has 1 unspecified atom stereocenters. The molecule has 3 aromatic heterocycles. The number of nitrogens with zero attached hydrogens (tertiary/aromatic N) is 2. The highest BCUT2D eigenvalue weighted by Gasteiger charge is 2.32. The van der Waals surface area contributed by atoms with Crippen LogP contribution in [0.2, 0.25) is 0 Å². The molecule has 0 bridgehead atoms. The highest BCUT2D eigenvalue weighted by atomic mass is 16.3. The van der Waals surface area contributed by atoms with Crippen LogP contribution in [0.1, 0.15) is 27.5 Å². The Kier molecular flexibility index (Phi) is 4.08. The van der Waals surface area contributed by atoms with Crippen LogP contribution in [0.25, 0.3) is 44.6 Å². The average Bonchev–Trinajstić information content (AvgIpc) is 3.60. The maximum atomic E-state index is 13.4. The minimum absolute atomic E-state index is 0.158. The van der Waals surface area contributed by atoms with Gasteiger partial charge in [-0.15, -0.1) is 0 Å². The summed E-state index contributed by atoms with van der Waals surface area (Å²) in [5, 5.41) is 13.9. The van der Waals surface area contributed by atoms with Crippen LogP contribution in [0.4, 0.5) is 0 Å². The smallest absolute Gasteiger partial charge is 0.252 e. The first-order valence-electron chi connectivity index (χ1n) is 11.3. The van der Waals surface area contributed by atoms with Crippen LogP contribution in [-0.2, 0) is 0 Å². The molecule has 7 rings (SSSR count). The van der Waals surface area contributed by atoms with Crippen molar-refractivity contribution in [1.82, 2.24) is 25.3 Å². The molecule has 4 N–H and O–H groups in total. The molecule has 35 heavy (non-hydrogen) atoms. The lowest BCUT2D eigenvalue weighted by atomic mass is 9.98. The number of imidazole rings is 1. The predicted octanol–water partition coefficient (Wildman–Crippen LogP) is 5.31. The van der Waals surface area contributed by atoms with E-state index >= 15 is 0 Å². The van der Waals surface area contributed by atoms with Gasteiger partial charge in [0.15, 0.2) is 0 Å². The highest BCUT2D eigenvalue weighted by Crippen LogP contribution is 2.47. The van der Waals surface area contributed by atoms with Crippen LogP contribution in [0.5, 0.6) is 5.75 Å². The molecule has 7 nitrogen and oxygen atoms in total. The van der Waals surface area contributed by atoms with Crippen LogP contribution < -0.4 is 5.32 Å². The fourth-order valence-corrected chi connectivity index (χ4v) is 5.10. The molecule has 1 aliphatic carbocycles. The number of hydrogen-bond acceptors (Lipinski definition) is 4. The summed E-state index contributed by atoms with van der Waals surface area (Å²) >= 11 is 0. The normalized spacial score (nSPS) is 14.2. The second-order valence-corrected chi connectivity index (χ2v) is 8.65. The van der Waals surface area contributed by atoms with Crippen LogP contribution in [0.3, 0.4) is 0 Å². The Morgan fingerprint density at radius 3 is 2.74 bits per heavy atom. The third-order valence-corrected chi connectivity index (χ3v) is 6.65. The summed E-state index contributed by atoms with van der Waals surface area (Å²) in [4.78, 5) is 28.9. The van der Waals surface area contributed by atoms with Gasteiger partial charge in [0.25, 0.3) is 5.91 Å². The summed E-state index contributed by atoms with van der Waals surface area (Å²) in [6.07, 6.45) is 3.43. The summed E-state index contributed by atoms with van der Waals surface area (Å²) in [5.74, 6) is 0.744. The molecule has 0 spiro atoms. The number of phenols is 1. The Morgan fingerprint density at radius 1 is 0.943 bits per heavy atom. The standard InChI is InChI=1S/C28H19N5O2/c34-15-8-9-22-23(14-15)32-27(31-22)21-7-3-6-20-24(21)16-4-1-2-5-17(16)25(20)33-28(35)19-11-13-30-26-18(19)10-12-29-26/h1-14,25,34H,(H,29,30)(H,31,32)(H,33,35). The molecule has 0 radical (unpaired) electrons. The Morgan fingerprint density at radius 2 is 1.80 bits per heavy atom. The maximum absolute atomic E-state index is 13.4. The predicted molar refractivity (Wildman–Crippen MR) is 134 cm³/mol. The molecule has 0 saturated heterocycles. The minimum Gasteiger partial charge on any atom is -0.508 e. The second-order valence-electron chi connectivity index (χ2n) is 8.65. The van der Waals surface area contributed by atoms with Gasteiger partial charge in [-0.2, -0.15) is 0 Å². The van der Waals surface area contributed by atoms with Crippen molar-refractivity contribution in [3.8, 4) is 28.3 Å². The number of rotatable bonds is 3. The molecular weight excluding hydrogens is 438 g/mol. The van der Waals surface area contributed by atoms with E-state index in [1.165, 1.54) is 0 Å². The van der Waals surface area contributed by atoms with Gasteiger partial charge in [0.05, 0.1) is 22.6 Å². The number of hydrogen-bond donors (Lipinski definition) is 4. The first-order chi connectivity index (χ1) is 17.2. The molecule has 3 heterocycles. The molecule has 6 aromatic rings.